The molecule has 0 radical (unpaired) electrons. The van der Waals surface area contributed by atoms with Gasteiger partial charge in [0.25, 0.3) is 5.91 Å². The molecule has 0 aliphatic rings. The highest BCUT2D eigenvalue weighted by molar-refractivity contribution is 5.92. The van der Waals surface area contributed by atoms with Crippen molar-refractivity contribution in [1.82, 2.24) is 10.3 Å². The van der Waals surface area contributed by atoms with Crippen molar-refractivity contribution in [2.75, 3.05) is 0 Å². The van der Waals surface area contributed by atoms with Crippen LogP contribution in [0.1, 0.15) is 31.3 Å². The van der Waals surface area contributed by atoms with Crippen LogP contribution in [0, 0.1) is 0 Å². The second-order valence-electron chi connectivity index (χ2n) is 4.39. The highest BCUT2D eigenvalue weighted by Gasteiger charge is 2.25. The van der Waals surface area contributed by atoms with Crippen LogP contribution in [0.5, 0.6) is 0 Å². The summed E-state index contributed by atoms with van der Waals surface area (Å²) in [6.07, 6.45) is 0. The molecular formula is C11H17N3O2. The van der Waals surface area contributed by atoms with Gasteiger partial charge in [-0.3, -0.25) is 9.59 Å². The fourth-order valence-electron chi connectivity index (χ4n) is 1.05. The first kappa shape index (κ1) is 12.4. The predicted molar refractivity (Wildman–Crippen MR) is 62.3 cm³/mol. The van der Waals surface area contributed by atoms with Gasteiger partial charge >= 0.3 is 0 Å². The molecule has 0 aliphatic heterocycles. The lowest BCUT2D eigenvalue weighted by molar-refractivity contribution is 0.0898. The number of nitrogens with one attached hydrogen (secondary N) is 2. The van der Waals surface area contributed by atoms with E-state index in [4.69, 9.17) is 5.73 Å². The zero-order chi connectivity index (χ0) is 12.3. The highest BCUT2D eigenvalue weighted by Crippen LogP contribution is 2.07. The van der Waals surface area contributed by atoms with Crippen LogP contribution in [-0.2, 0) is 0 Å². The predicted octanol–water partition coefficient (Wildman–Crippen LogP) is 0.230. The molecule has 0 saturated carbocycles. The summed E-state index contributed by atoms with van der Waals surface area (Å²) in [5, 5.41) is 2.77. The molecule has 0 aliphatic carbocycles. The van der Waals surface area contributed by atoms with Crippen LogP contribution < -0.4 is 16.6 Å². The standard InChI is InChI=1S/C11H17N3O2/c1-7(12)11(2,3)14-10(16)8-5-4-6-9(15)13-8/h4-7H,12H2,1-3H3,(H,13,15)(H,14,16). The molecule has 0 spiro atoms. The van der Waals surface area contributed by atoms with Crippen molar-refractivity contribution in [1.29, 1.82) is 0 Å². The van der Waals surface area contributed by atoms with E-state index in [-0.39, 0.29) is 23.2 Å². The van der Waals surface area contributed by atoms with E-state index in [1.165, 1.54) is 12.1 Å². The second-order valence-corrected chi connectivity index (χ2v) is 4.39. The minimum absolute atomic E-state index is 0.188. The Morgan fingerprint density at radius 2 is 2.12 bits per heavy atom. The van der Waals surface area contributed by atoms with Crippen molar-refractivity contribution in [2.24, 2.45) is 5.73 Å². The van der Waals surface area contributed by atoms with Gasteiger partial charge in [-0.05, 0) is 26.8 Å². The molecule has 1 rings (SSSR count). The minimum atomic E-state index is -0.524. The summed E-state index contributed by atoms with van der Waals surface area (Å²) in [7, 11) is 0. The molecule has 1 heterocycles. The molecule has 1 aromatic rings. The van der Waals surface area contributed by atoms with Gasteiger partial charge in [0, 0.05) is 17.6 Å². The Morgan fingerprint density at radius 3 is 2.62 bits per heavy atom. The molecule has 5 nitrogen and oxygen atoms in total. The van der Waals surface area contributed by atoms with Gasteiger partial charge in [0.1, 0.15) is 5.69 Å². The summed E-state index contributed by atoms with van der Waals surface area (Å²) >= 11 is 0. The van der Waals surface area contributed by atoms with Gasteiger partial charge in [0.05, 0.1) is 0 Å². The van der Waals surface area contributed by atoms with Crippen LogP contribution in [0.15, 0.2) is 23.0 Å². The van der Waals surface area contributed by atoms with Crippen molar-refractivity contribution >= 4 is 5.91 Å². The number of carbonyl (C=O) groups is 1. The number of aromatic amines is 1. The molecule has 1 amide bonds. The topological polar surface area (TPSA) is 88.0 Å². The summed E-state index contributed by atoms with van der Waals surface area (Å²) in [5.74, 6) is -0.333. The number of nitrogens with two attached hydrogens (primary N) is 1. The molecule has 4 N–H and O–H groups in total. The molecule has 16 heavy (non-hydrogen) atoms. The maximum atomic E-state index is 11.8. The highest BCUT2D eigenvalue weighted by atomic mass is 16.2. The molecule has 0 bridgehead atoms. The lowest BCUT2D eigenvalue weighted by Gasteiger charge is -2.30. The molecule has 0 aromatic carbocycles. The fraction of sp³-hybridized carbons (Fsp3) is 0.455. The normalized spacial score (nSPS) is 13.2. The number of carbonyl (C=O) groups excluding carboxylic acids is 1. The summed E-state index contributed by atoms with van der Waals surface area (Å²) < 4.78 is 0. The largest absolute Gasteiger partial charge is 0.344 e. The van der Waals surface area contributed by atoms with Crippen LogP contribution in [0.3, 0.4) is 0 Å². The van der Waals surface area contributed by atoms with Gasteiger partial charge in [-0.1, -0.05) is 6.07 Å². The number of hydrogen-bond donors (Lipinski definition) is 3. The number of amides is 1. The lowest BCUT2D eigenvalue weighted by atomic mass is 9.97. The monoisotopic (exact) mass is 223 g/mol. The first-order valence-corrected chi connectivity index (χ1v) is 5.10. The molecule has 5 heteroatoms. The molecule has 1 unspecified atom stereocenters. The molecule has 1 atom stereocenters. The van der Waals surface area contributed by atoms with Crippen molar-refractivity contribution in [3.8, 4) is 0 Å². The van der Waals surface area contributed by atoms with E-state index >= 15 is 0 Å². The van der Waals surface area contributed by atoms with E-state index in [1.54, 1.807) is 6.07 Å². The maximum absolute atomic E-state index is 11.8. The molecule has 0 fully saturated rings. The molecule has 88 valence electrons. The van der Waals surface area contributed by atoms with Gasteiger partial charge in [-0.2, -0.15) is 0 Å². The first-order chi connectivity index (χ1) is 7.33. The van der Waals surface area contributed by atoms with Gasteiger partial charge in [-0.25, -0.2) is 0 Å². The smallest absolute Gasteiger partial charge is 0.268 e. The van der Waals surface area contributed by atoms with Crippen molar-refractivity contribution in [3.05, 3.63) is 34.2 Å². The Morgan fingerprint density at radius 1 is 1.50 bits per heavy atom. The van der Waals surface area contributed by atoms with Gasteiger partial charge in [0.2, 0.25) is 5.56 Å². The van der Waals surface area contributed by atoms with Gasteiger partial charge in [-0.15, -0.1) is 0 Å². The van der Waals surface area contributed by atoms with Crippen LogP contribution >= 0.6 is 0 Å². The van der Waals surface area contributed by atoms with Crippen LogP contribution in [0.4, 0.5) is 0 Å². The molecular weight excluding hydrogens is 206 g/mol. The van der Waals surface area contributed by atoms with E-state index in [0.717, 1.165) is 0 Å². The third-order valence-corrected chi connectivity index (χ3v) is 2.59. The average molecular weight is 223 g/mol. The summed E-state index contributed by atoms with van der Waals surface area (Å²) in [4.78, 5) is 25.3. The minimum Gasteiger partial charge on any atom is -0.344 e. The Labute approximate surface area is 94.1 Å². The number of H-pyrrole nitrogens is 1. The quantitative estimate of drug-likeness (QED) is 0.685. The van der Waals surface area contributed by atoms with E-state index in [1.807, 2.05) is 20.8 Å². The lowest BCUT2D eigenvalue weighted by Crippen LogP contribution is -2.54. The number of pyridine rings is 1. The summed E-state index contributed by atoms with van der Waals surface area (Å²) in [5.41, 5.74) is 5.15. The van der Waals surface area contributed by atoms with Crippen LogP contribution in [0.25, 0.3) is 0 Å². The second kappa shape index (κ2) is 4.49. The Hall–Kier alpha value is -1.62. The van der Waals surface area contributed by atoms with Crippen molar-refractivity contribution in [2.45, 2.75) is 32.4 Å². The zero-order valence-corrected chi connectivity index (χ0v) is 9.70. The average Bonchev–Trinajstić information content (AvgIpc) is 2.16. The summed E-state index contributed by atoms with van der Waals surface area (Å²) in [6, 6.07) is 4.25. The Kier molecular flexibility index (Phi) is 3.49. The number of rotatable bonds is 3. The van der Waals surface area contributed by atoms with Gasteiger partial charge in [0.15, 0.2) is 0 Å². The van der Waals surface area contributed by atoms with E-state index in [2.05, 4.69) is 10.3 Å². The molecule has 0 saturated heterocycles. The third-order valence-electron chi connectivity index (χ3n) is 2.59. The van der Waals surface area contributed by atoms with Crippen LogP contribution in [0.2, 0.25) is 0 Å². The fourth-order valence-corrected chi connectivity index (χ4v) is 1.05. The first-order valence-electron chi connectivity index (χ1n) is 5.10. The van der Waals surface area contributed by atoms with E-state index in [9.17, 15) is 9.59 Å². The Balaban J connectivity index is 2.85. The van der Waals surface area contributed by atoms with Crippen molar-refractivity contribution in [3.63, 3.8) is 0 Å². The van der Waals surface area contributed by atoms with Crippen molar-refractivity contribution < 1.29 is 4.79 Å². The Bertz CT molecular complexity index is 435. The summed E-state index contributed by atoms with van der Waals surface area (Å²) in [6.45, 7) is 5.47. The van der Waals surface area contributed by atoms with Crippen LogP contribution in [-0.4, -0.2) is 22.5 Å². The van der Waals surface area contributed by atoms with E-state index < -0.39 is 5.54 Å². The zero-order valence-electron chi connectivity index (χ0n) is 9.70. The number of hydrogen-bond acceptors (Lipinski definition) is 3. The maximum Gasteiger partial charge on any atom is 0.268 e. The SMILES string of the molecule is CC(N)C(C)(C)NC(=O)c1cccc(=O)[nH]1. The number of aromatic nitrogens is 1. The molecule has 1 aromatic heterocycles. The van der Waals surface area contributed by atoms with E-state index in [0.29, 0.717) is 0 Å². The third kappa shape index (κ3) is 2.93. The van der Waals surface area contributed by atoms with Gasteiger partial charge < -0.3 is 16.0 Å².